The van der Waals surface area contributed by atoms with E-state index in [4.69, 9.17) is 4.74 Å². The Morgan fingerprint density at radius 1 is 1.28 bits per heavy atom. The highest BCUT2D eigenvalue weighted by molar-refractivity contribution is 7.15. The second-order valence-electron chi connectivity index (χ2n) is 6.88. The lowest BCUT2D eigenvalue weighted by Gasteiger charge is -2.35. The second-order valence-corrected chi connectivity index (χ2v) is 8.87. The third-order valence-electron chi connectivity index (χ3n) is 5.09. The predicted molar refractivity (Wildman–Crippen MR) is 97.3 cm³/mol. The minimum absolute atomic E-state index is 0.105. The standard InChI is InChI=1S/C17H20N4O2S2/c22-16(20-5-3-14-12(9-20)4-8-24-14)13-10-21(6-7-23-13)17-19-18-15(25-17)11-1-2-11/h4,8,11,13H,1-3,5-7,9-10H2. The van der Waals surface area contributed by atoms with Crippen LogP contribution >= 0.6 is 22.7 Å². The number of thiophene rings is 1. The first-order valence-electron chi connectivity index (χ1n) is 8.82. The molecule has 0 N–H and O–H groups in total. The molecule has 0 aromatic carbocycles. The molecule has 132 valence electrons. The number of amides is 1. The molecule has 6 nitrogen and oxygen atoms in total. The minimum atomic E-state index is -0.401. The lowest BCUT2D eigenvalue weighted by molar-refractivity contribution is -0.145. The number of carbonyl (C=O) groups excluding carboxylic acids is 1. The van der Waals surface area contributed by atoms with Gasteiger partial charge in [-0.25, -0.2) is 0 Å². The second kappa shape index (κ2) is 6.34. The maximum absolute atomic E-state index is 12.9. The number of nitrogens with zero attached hydrogens (tertiary/aromatic N) is 4. The maximum atomic E-state index is 12.9. The quantitative estimate of drug-likeness (QED) is 0.822. The molecular formula is C17H20N4O2S2. The van der Waals surface area contributed by atoms with E-state index in [0.29, 0.717) is 25.6 Å². The molecule has 0 radical (unpaired) electrons. The van der Waals surface area contributed by atoms with Crippen molar-refractivity contribution in [1.29, 1.82) is 0 Å². The van der Waals surface area contributed by atoms with Crippen LogP contribution in [0.15, 0.2) is 11.4 Å². The number of aromatic nitrogens is 2. The molecule has 5 rings (SSSR count). The number of carbonyl (C=O) groups is 1. The van der Waals surface area contributed by atoms with Crippen molar-refractivity contribution < 1.29 is 9.53 Å². The molecule has 1 unspecified atom stereocenters. The number of fused-ring (bicyclic) bond motifs is 1. The first-order chi connectivity index (χ1) is 12.3. The van der Waals surface area contributed by atoms with Crippen molar-refractivity contribution in [3.63, 3.8) is 0 Å². The summed E-state index contributed by atoms with van der Waals surface area (Å²) in [7, 11) is 0. The van der Waals surface area contributed by atoms with E-state index in [1.54, 1.807) is 22.7 Å². The highest BCUT2D eigenvalue weighted by atomic mass is 32.1. The zero-order valence-corrected chi connectivity index (χ0v) is 15.5. The number of ether oxygens (including phenoxy) is 1. The SMILES string of the molecule is O=C(C1CN(c2nnc(C3CC3)s2)CCO1)N1CCc2sccc2C1. The van der Waals surface area contributed by atoms with Gasteiger partial charge in [0.25, 0.3) is 5.91 Å². The van der Waals surface area contributed by atoms with E-state index >= 15 is 0 Å². The summed E-state index contributed by atoms with van der Waals surface area (Å²) in [5, 5.41) is 12.9. The maximum Gasteiger partial charge on any atom is 0.253 e. The lowest BCUT2D eigenvalue weighted by Crippen LogP contribution is -2.52. The topological polar surface area (TPSA) is 58.6 Å². The summed E-state index contributed by atoms with van der Waals surface area (Å²) in [4.78, 5) is 18.4. The van der Waals surface area contributed by atoms with Crippen LogP contribution in [0, 0.1) is 0 Å². The van der Waals surface area contributed by atoms with E-state index < -0.39 is 6.10 Å². The van der Waals surface area contributed by atoms with Gasteiger partial charge in [-0.2, -0.15) is 0 Å². The Labute approximate surface area is 154 Å². The van der Waals surface area contributed by atoms with Crippen LogP contribution in [0.2, 0.25) is 0 Å². The summed E-state index contributed by atoms with van der Waals surface area (Å²) in [6, 6.07) is 2.13. The monoisotopic (exact) mass is 376 g/mol. The van der Waals surface area contributed by atoms with Crippen LogP contribution in [0.1, 0.15) is 34.2 Å². The molecule has 1 amide bonds. The fourth-order valence-corrected chi connectivity index (χ4v) is 5.40. The molecule has 8 heteroatoms. The van der Waals surface area contributed by atoms with Crippen molar-refractivity contribution in [1.82, 2.24) is 15.1 Å². The first kappa shape index (κ1) is 15.7. The van der Waals surface area contributed by atoms with E-state index in [1.165, 1.54) is 23.3 Å². The van der Waals surface area contributed by atoms with Gasteiger partial charge in [0.05, 0.1) is 13.2 Å². The fourth-order valence-electron chi connectivity index (χ4n) is 3.46. The van der Waals surface area contributed by atoms with E-state index in [9.17, 15) is 4.79 Å². The Kier molecular flexibility index (Phi) is 3.98. The Morgan fingerprint density at radius 3 is 3.08 bits per heavy atom. The van der Waals surface area contributed by atoms with Gasteiger partial charge in [-0.3, -0.25) is 4.79 Å². The summed E-state index contributed by atoms with van der Waals surface area (Å²) in [6.45, 7) is 3.41. The number of rotatable bonds is 3. The van der Waals surface area contributed by atoms with E-state index in [1.807, 2.05) is 4.90 Å². The van der Waals surface area contributed by atoms with E-state index in [0.717, 1.165) is 29.6 Å². The van der Waals surface area contributed by atoms with Gasteiger partial charge in [0.15, 0.2) is 6.10 Å². The summed E-state index contributed by atoms with van der Waals surface area (Å²) >= 11 is 3.47. The average Bonchev–Trinajstić information content (AvgIpc) is 3.20. The molecule has 0 spiro atoms. The molecule has 2 aromatic heterocycles. The molecule has 1 atom stereocenters. The molecule has 1 saturated heterocycles. The molecule has 2 aromatic rings. The molecule has 1 saturated carbocycles. The minimum Gasteiger partial charge on any atom is -0.365 e. The van der Waals surface area contributed by atoms with Gasteiger partial charge >= 0.3 is 0 Å². The molecule has 3 aliphatic rings. The molecule has 2 fully saturated rings. The van der Waals surface area contributed by atoms with Gasteiger partial charge in [-0.15, -0.1) is 21.5 Å². The van der Waals surface area contributed by atoms with Crippen LogP contribution in [0.3, 0.4) is 0 Å². The van der Waals surface area contributed by atoms with Crippen molar-refractivity contribution in [2.24, 2.45) is 0 Å². The molecular weight excluding hydrogens is 356 g/mol. The third kappa shape index (κ3) is 3.07. The fraction of sp³-hybridized carbons (Fsp3) is 0.588. The number of hydrogen-bond donors (Lipinski definition) is 0. The van der Waals surface area contributed by atoms with Gasteiger partial charge in [0.2, 0.25) is 5.13 Å². The Bertz CT molecular complexity index is 785. The van der Waals surface area contributed by atoms with Crippen LogP contribution in [0.4, 0.5) is 5.13 Å². The Hall–Kier alpha value is -1.51. The zero-order chi connectivity index (χ0) is 16.8. The molecule has 1 aliphatic carbocycles. The van der Waals surface area contributed by atoms with Crippen molar-refractivity contribution in [3.05, 3.63) is 26.9 Å². The first-order valence-corrected chi connectivity index (χ1v) is 10.5. The summed E-state index contributed by atoms with van der Waals surface area (Å²) in [5.74, 6) is 0.728. The Balaban J connectivity index is 1.26. The average molecular weight is 377 g/mol. The number of hydrogen-bond acceptors (Lipinski definition) is 7. The predicted octanol–water partition coefficient (Wildman–Crippen LogP) is 2.27. The van der Waals surface area contributed by atoms with Crippen molar-refractivity contribution >= 4 is 33.7 Å². The van der Waals surface area contributed by atoms with Crippen LogP contribution in [-0.2, 0) is 22.5 Å². The molecule has 25 heavy (non-hydrogen) atoms. The van der Waals surface area contributed by atoms with E-state index in [-0.39, 0.29) is 5.91 Å². The largest absolute Gasteiger partial charge is 0.365 e. The van der Waals surface area contributed by atoms with Crippen LogP contribution < -0.4 is 4.90 Å². The number of anilines is 1. The summed E-state index contributed by atoms with van der Waals surface area (Å²) in [5.41, 5.74) is 1.29. The van der Waals surface area contributed by atoms with Crippen molar-refractivity contribution in [2.75, 3.05) is 31.1 Å². The normalized spacial score (nSPS) is 23.6. The van der Waals surface area contributed by atoms with Gasteiger partial charge in [-0.1, -0.05) is 11.3 Å². The molecule has 4 heterocycles. The smallest absolute Gasteiger partial charge is 0.253 e. The highest BCUT2D eigenvalue weighted by Gasteiger charge is 2.34. The van der Waals surface area contributed by atoms with Crippen LogP contribution in [0.5, 0.6) is 0 Å². The summed E-state index contributed by atoms with van der Waals surface area (Å²) in [6.07, 6.45) is 3.02. The molecule has 2 aliphatic heterocycles. The van der Waals surface area contributed by atoms with Crippen molar-refractivity contribution in [2.45, 2.75) is 37.8 Å². The highest BCUT2D eigenvalue weighted by Crippen LogP contribution is 2.42. The third-order valence-corrected chi connectivity index (χ3v) is 7.26. The van der Waals surface area contributed by atoms with Crippen LogP contribution in [0.25, 0.3) is 0 Å². The van der Waals surface area contributed by atoms with E-state index in [2.05, 4.69) is 26.5 Å². The lowest BCUT2D eigenvalue weighted by atomic mass is 10.1. The van der Waals surface area contributed by atoms with Gasteiger partial charge in [0.1, 0.15) is 5.01 Å². The van der Waals surface area contributed by atoms with Gasteiger partial charge in [-0.05, 0) is 36.3 Å². The zero-order valence-electron chi connectivity index (χ0n) is 13.9. The molecule has 0 bridgehead atoms. The Morgan fingerprint density at radius 2 is 2.20 bits per heavy atom. The summed E-state index contributed by atoms with van der Waals surface area (Å²) < 4.78 is 5.81. The van der Waals surface area contributed by atoms with Crippen LogP contribution in [-0.4, -0.2) is 53.3 Å². The van der Waals surface area contributed by atoms with Crippen molar-refractivity contribution in [3.8, 4) is 0 Å². The van der Waals surface area contributed by atoms with Gasteiger partial charge in [0, 0.05) is 30.4 Å². The van der Waals surface area contributed by atoms with Gasteiger partial charge < -0.3 is 14.5 Å². The number of morpholine rings is 1.